The molecule has 0 aromatic heterocycles. The van der Waals surface area contributed by atoms with Crippen molar-refractivity contribution in [2.24, 2.45) is 16.7 Å². The van der Waals surface area contributed by atoms with E-state index in [0.717, 1.165) is 18.8 Å². The lowest BCUT2D eigenvalue weighted by Crippen LogP contribution is -2.28. The molecule has 2 aliphatic carbocycles. The minimum atomic E-state index is -0.221. The molecule has 2 aliphatic rings. The number of aliphatic hydroxyl groups is 1. The second-order valence-corrected chi connectivity index (χ2v) is 14.3. The van der Waals surface area contributed by atoms with E-state index >= 15 is 0 Å². The molecule has 2 rings (SSSR count). The first kappa shape index (κ1) is 36.3. The van der Waals surface area contributed by atoms with Crippen molar-refractivity contribution in [1.29, 1.82) is 0 Å². The van der Waals surface area contributed by atoms with Gasteiger partial charge in [-0.2, -0.15) is 0 Å². The van der Waals surface area contributed by atoms with Gasteiger partial charge in [0.05, 0.1) is 6.10 Å². The van der Waals surface area contributed by atoms with E-state index in [1.807, 2.05) is 0 Å². The molecule has 0 saturated carbocycles. The molecule has 0 amide bonds. The topological polar surface area (TPSA) is 20.2 Å². The average Bonchev–Trinajstić information content (AvgIpc) is 2.89. The molecular weight excluding hydrogens is 520 g/mol. The summed E-state index contributed by atoms with van der Waals surface area (Å²) in [5.41, 5.74) is 10.9. The maximum absolute atomic E-state index is 10.1. The highest BCUT2D eigenvalue weighted by Crippen LogP contribution is 2.44. The van der Waals surface area contributed by atoms with Crippen LogP contribution in [0.4, 0.5) is 0 Å². The molecule has 0 saturated heterocycles. The summed E-state index contributed by atoms with van der Waals surface area (Å²) in [4.78, 5) is 0. The molecule has 0 radical (unpaired) electrons. The number of hydrogen-bond donors (Lipinski definition) is 1. The number of rotatable bonds is 11. The van der Waals surface area contributed by atoms with Gasteiger partial charge in [0.1, 0.15) is 0 Å². The van der Waals surface area contributed by atoms with Crippen LogP contribution in [-0.2, 0) is 0 Å². The zero-order valence-corrected chi connectivity index (χ0v) is 29.2. The Bertz CT molecular complexity index is 1300. The van der Waals surface area contributed by atoms with Crippen molar-refractivity contribution in [3.05, 3.63) is 130 Å². The minimum Gasteiger partial charge on any atom is -0.393 e. The summed E-state index contributed by atoms with van der Waals surface area (Å²) in [5, 5.41) is 10.1. The lowest BCUT2D eigenvalue weighted by Gasteiger charge is -2.37. The molecule has 43 heavy (non-hydrogen) atoms. The summed E-state index contributed by atoms with van der Waals surface area (Å²) in [6, 6.07) is 0. The lowest BCUT2D eigenvalue weighted by molar-refractivity contribution is 0.116. The van der Waals surface area contributed by atoms with Gasteiger partial charge in [0, 0.05) is 0 Å². The van der Waals surface area contributed by atoms with Crippen LogP contribution in [0, 0.1) is 16.7 Å². The van der Waals surface area contributed by atoms with E-state index in [2.05, 4.69) is 161 Å². The summed E-state index contributed by atoms with van der Waals surface area (Å²) >= 11 is 0. The molecule has 0 spiro atoms. The first-order chi connectivity index (χ1) is 20.1. The van der Waals surface area contributed by atoms with Gasteiger partial charge in [-0.25, -0.2) is 0 Å². The summed E-state index contributed by atoms with van der Waals surface area (Å²) in [6.07, 6.45) is 35.6. The van der Waals surface area contributed by atoms with Gasteiger partial charge in [0.2, 0.25) is 0 Å². The van der Waals surface area contributed by atoms with E-state index in [4.69, 9.17) is 0 Å². The first-order valence-corrected chi connectivity index (χ1v) is 16.3. The quantitative estimate of drug-likeness (QED) is 0.241. The Morgan fingerprint density at radius 3 is 1.44 bits per heavy atom. The number of aliphatic hydroxyl groups excluding tert-OH is 1. The van der Waals surface area contributed by atoms with Crippen LogP contribution < -0.4 is 0 Å². The maximum atomic E-state index is 10.1. The summed E-state index contributed by atoms with van der Waals surface area (Å²) < 4.78 is 0. The molecule has 1 N–H and O–H groups in total. The maximum Gasteiger partial charge on any atom is 0.0585 e. The molecule has 0 heterocycles. The van der Waals surface area contributed by atoms with Crippen LogP contribution in [0.5, 0.6) is 0 Å². The highest BCUT2D eigenvalue weighted by atomic mass is 16.3. The van der Waals surface area contributed by atoms with Crippen LogP contribution in [0.3, 0.4) is 0 Å². The SMILES string of the molecule is CCC1CC(C)=C(/C=C/C(C)=C/C=C/C(C)=C/C=C/C=C(C)/C=C/C=C(C)/C=C/C2=C(C)CC(O)CC2(C)C)C(C)(C)C1. The largest absolute Gasteiger partial charge is 0.393 e. The van der Waals surface area contributed by atoms with Crippen LogP contribution >= 0.6 is 0 Å². The third kappa shape index (κ3) is 12.3. The smallest absolute Gasteiger partial charge is 0.0585 e. The Kier molecular flexibility index (Phi) is 14.2. The Hall–Kier alpha value is -2.90. The Labute approximate surface area is 265 Å². The molecule has 0 aliphatic heterocycles. The lowest BCUT2D eigenvalue weighted by atomic mass is 9.68. The van der Waals surface area contributed by atoms with Crippen LogP contribution in [0.2, 0.25) is 0 Å². The van der Waals surface area contributed by atoms with Crippen molar-refractivity contribution < 1.29 is 5.11 Å². The summed E-state index contributed by atoms with van der Waals surface area (Å²) in [7, 11) is 0. The molecule has 1 nitrogen and oxygen atoms in total. The predicted molar refractivity (Wildman–Crippen MR) is 192 cm³/mol. The summed E-state index contributed by atoms with van der Waals surface area (Å²) in [6.45, 7) is 24.6. The van der Waals surface area contributed by atoms with Crippen molar-refractivity contribution in [2.75, 3.05) is 0 Å². The van der Waals surface area contributed by atoms with Gasteiger partial charge < -0.3 is 5.11 Å². The number of allylic oxidation sites excluding steroid dienone is 21. The van der Waals surface area contributed by atoms with Crippen LogP contribution in [0.1, 0.15) is 108 Å². The molecule has 0 fully saturated rings. The average molecular weight is 581 g/mol. The van der Waals surface area contributed by atoms with E-state index in [1.54, 1.807) is 5.57 Å². The molecule has 0 aromatic carbocycles. The van der Waals surface area contributed by atoms with E-state index in [-0.39, 0.29) is 16.9 Å². The van der Waals surface area contributed by atoms with Crippen molar-refractivity contribution >= 4 is 0 Å². The monoisotopic (exact) mass is 580 g/mol. The highest BCUT2D eigenvalue weighted by Gasteiger charge is 2.32. The van der Waals surface area contributed by atoms with Crippen LogP contribution in [0.15, 0.2) is 130 Å². The fourth-order valence-corrected chi connectivity index (χ4v) is 6.63. The van der Waals surface area contributed by atoms with Crippen molar-refractivity contribution in [3.8, 4) is 0 Å². The van der Waals surface area contributed by atoms with Crippen LogP contribution in [-0.4, -0.2) is 11.2 Å². The molecule has 2 atom stereocenters. The number of hydrogen-bond acceptors (Lipinski definition) is 1. The minimum absolute atomic E-state index is 0.0116. The van der Waals surface area contributed by atoms with Crippen molar-refractivity contribution in [3.63, 3.8) is 0 Å². The Morgan fingerprint density at radius 1 is 0.628 bits per heavy atom. The van der Waals surface area contributed by atoms with E-state index in [1.165, 1.54) is 58.3 Å². The fourth-order valence-electron chi connectivity index (χ4n) is 6.63. The third-order valence-corrected chi connectivity index (χ3v) is 8.93. The van der Waals surface area contributed by atoms with Gasteiger partial charge >= 0.3 is 0 Å². The molecule has 2 unspecified atom stereocenters. The zero-order chi connectivity index (χ0) is 32.2. The molecule has 0 bridgehead atoms. The van der Waals surface area contributed by atoms with Crippen LogP contribution in [0.25, 0.3) is 0 Å². The second-order valence-electron chi connectivity index (χ2n) is 14.3. The van der Waals surface area contributed by atoms with Gasteiger partial charge in [-0.1, -0.05) is 160 Å². The summed E-state index contributed by atoms with van der Waals surface area (Å²) in [5.74, 6) is 0.824. The molecule has 0 aromatic rings. The van der Waals surface area contributed by atoms with Gasteiger partial charge in [0.15, 0.2) is 0 Å². The fraction of sp³-hybridized carbons (Fsp3) is 0.476. The van der Waals surface area contributed by atoms with Crippen molar-refractivity contribution in [1.82, 2.24) is 0 Å². The van der Waals surface area contributed by atoms with Gasteiger partial charge in [-0.15, -0.1) is 0 Å². The molecule has 234 valence electrons. The van der Waals surface area contributed by atoms with E-state index in [9.17, 15) is 5.11 Å². The zero-order valence-electron chi connectivity index (χ0n) is 29.2. The molecule has 1 heteroatoms. The van der Waals surface area contributed by atoms with E-state index < -0.39 is 0 Å². The third-order valence-electron chi connectivity index (χ3n) is 8.93. The predicted octanol–water partition coefficient (Wildman–Crippen LogP) is 12.2. The van der Waals surface area contributed by atoms with Gasteiger partial charge in [0.25, 0.3) is 0 Å². The van der Waals surface area contributed by atoms with Gasteiger partial charge in [-0.05, 0) is 95.1 Å². The van der Waals surface area contributed by atoms with Gasteiger partial charge in [-0.3, -0.25) is 0 Å². The normalized spacial score (nSPS) is 24.7. The Morgan fingerprint density at radius 2 is 1.02 bits per heavy atom. The standard InChI is InChI=1S/C42H60O/c1-12-37-27-35(6)39(41(8,9)29-37)25-23-33(4)21-15-19-31(2)17-13-14-18-32(3)20-16-22-34(5)24-26-40-36(7)28-38(43)30-42(40,10)11/h13-26,37-38,43H,12,27-30H2,1-11H3/b14-13+,19-15+,20-16+,25-23+,26-24+,31-17+,32-18+,33-21+,34-22+. The van der Waals surface area contributed by atoms with E-state index in [0.29, 0.717) is 0 Å². The highest BCUT2D eigenvalue weighted by molar-refractivity contribution is 5.39. The Balaban J connectivity index is 1.91. The van der Waals surface area contributed by atoms with Crippen molar-refractivity contribution in [2.45, 2.75) is 114 Å². The first-order valence-electron chi connectivity index (χ1n) is 16.3. The second kappa shape index (κ2) is 16.8. The molecular formula is C42H60O.